The van der Waals surface area contributed by atoms with Crippen LogP contribution in [0.2, 0.25) is 0 Å². The molecule has 0 radical (unpaired) electrons. The second kappa shape index (κ2) is 9.97. The molecule has 0 aliphatic carbocycles. The summed E-state index contributed by atoms with van der Waals surface area (Å²) in [5.41, 5.74) is 0.378. The first-order chi connectivity index (χ1) is 16.8. The van der Waals surface area contributed by atoms with Gasteiger partial charge in [0.1, 0.15) is 17.5 Å². The Morgan fingerprint density at radius 3 is 1.97 bits per heavy atom. The van der Waals surface area contributed by atoms with Gasteiger partial charge in [-0.25, -0.2) is 26.3 Å². The minimum atomic E-state index is -1.56. The number of benzene rings is 4. The topological polar surface area (TPSA) is 9.23 Å². The maximum Gasteiger partial charge on any atom is 0.195 e. The summed E-state index contributed by atoms with van der Waals surface area (Å²) in [5, 5.41) is -0.00113. The van der Waals surface area contributed by atoms with Gasteiger partial charge >= 0.3 is 0 Å². The lowest BCUT2D eigenvalue weighted by Gasteiger charge is -2.03. The van der Waals surface area contributed by atoms with Gasteiger partial charge in [0.05, 0.1) is 17.7 Å². The Bertz CT molecular complexity index is 1560. The van der Waals surface area contributed by atoms with E-state index in [0.717, 1.165) is 24.3 Å². The Morgan fingerprint density at radius 2 is 1.29 bits per heavy atom. The van der Waals surface area contributed by atoms with Gasteiger partial charge in [-0.2, -0.15) is 0 Å². The fraction of sp³-hybridized carbons (Fsp3) is 0.0714. The quantitative estimate of drug-likeness (QED) is 0.178. The van der Waals surface area contributed by atoms with Crippen LogP contribution in [0.15, 0.2) is 54.6 Å². The van der Waals surface area contributed by atoms with E-state index in [1.54, 1.807) is 0 Å². The van der Waals surface area contributed by atoms with E-state index in [1.807, 2.05) is 0 Å². The maximum absolute atomic E-state index is 14.5. The van der Waals surface area contributed by atoms with Gasteiger partial charge in [-0.3, -0.25) is 0 Å². The zero-order chi connectivity index (χ0) is 25.1. The van der Waals surface area contributed by atoms with Crippen LogP contribution in [0.4, 0.5) is 26.3 Å². The highest BCUT2D eigenvalue weighted by Gasteiger charge is 2.13. The predicted octanol–water partition coefficient (Wildman–Crippen LogP) is 6.62. The first kappa shape index (κ1) is 23.9. The fourth-order valence-corrected chi connectivity index (χ4v) is 3.35. The molecule has 0 fully saturated rings. The van der Waals surface area contributed by atoms with E-state index >= 15 is 0 Å². The molecule has 0 heterocycles. The van der Waals surface area contributed by atoms with Gasteiger partial charge in [0, 0.05) is 23.6 Å². The molecule has 0 N–H and O–H groups in total. The molecule has 0 saturated carbocycles. The third-order valence-corrected chi connectivity index (χ3v) is 5.03. The van der Waals surface area contributed by atoms with Gasteiger partial charge in [-0.05, 0) is 59.5 Å². The number of fused-ring (bicyclic) bond motifs is 1. The summed E-state index contributed by atoms with van der Waals surface area (Å²) in [5.74, 6) is 3.56. The predicted molar refractivity (Wildman–Crippen MR) is 119 cm³/mol. The van der Waals surface area contributed by atoms with E-state index in [-0.39, 0.29) is 28.5 Å². The Labute approximate surface area is 197 Å². The average Bonchev–Trinajstić information content (AvgIpc) is 2.81. The number of ether oxygens (including phenoxy) is 1. The molecule has 0 aliphatic rings. The van der Waals surface area contributed by atoms with Crippen LogP contribution in [0, 0.1) is 58.6 Å². The second-order valence-corrected chi connectivity index (χ2v) is 7.48. The van der Waals surface area contributed by atoms with Crippen LogP contribution in [0.25, 0.3) is 10.8 Å². The van der Waals surface area contributed by atoms with Crippen LogP contribution in [0.3, 0.4) is 0 Å². The zero-order valence-corrected chi connectivity index (χ0v) is 18.1. The number of halogens is 6. The van der Waals surface area contributed by atoms with Crippen molar-refractivity contribution in [1.82, 2.24) is 0 Å². The van der Waals surface area contributed by atoms with Gasteiger partial charge in [-0.1, -0.05) is 29.7 Å². The van der Waals surface area contributed by atoms with Gasteiger partial charge < -0.3 is 4.74 Å². The lowest BCUT2D eigenvalue weighted by Crippen LogP contribution is -1.96. The molecule has 0 aromatic heterocycles. The van der Waals surface area contributed by atoms with Crippen molar-refractivity contribution in [1.29, 1.82) is 0 Å². The maximum atomic E-state index is 14.5. The Hall–Kier alpha value is -4.20. The molecule has 1 nitrogen and oxygen atoms in total. The van der Waals surface area contributed by atoms with E-state index in [1.165, 1.54) is 37.4 Å². The van der Waals surface area contributed by atoms with Crippen LogP contribution in [-0.4, -0.2) is 7.11 Å². The van der Waals surface area contributed by atoms with Crippen LogP contribution in [0.5, 0.6) is 0 Å². The van der Waals surface area contributed by atoms with Crippen molar-refractivity contribution in [2.45, 2.75) is 6.61 Å². The SMILES string of the molecule is COCc1cc(F)c(C#Cc2ccc(C#Cc3ccc4c(F)c(F)c(F)cc4c3)c(F)c2)c(F)c1. The first-order valence-electron chi connectivity index (χ1n) is 10.1. The molecule has 4 rings (SSSR count). The average molecular weight is 480 g/mol. The molecular formula is C28H14F6O. The van der Waals surface area contributed by atoms with Crippen molar-refractivity contribution in [2.75, 3.05) is 7.11 Å². The summed E-state index contributed by atoms with van der Waals surface area (Å²) in [4.78, 5) is 0. The van der Waals surface area contributed by atoms with Crippen LogP contribution < -0.4 is 0 Å². The molecule has 0 spiro atoms. The molecule has 4 aromatic rings. The van der Waals surface area contributed by atoms with E-state index < -0.39 is 40.5 Å². The molecule has 0 bridgehead atoms. The molecule has 0 aliphatic heterocycles. The summed E-state index contributed by atoms with van der Waals surface area (Å²) < 4.78 is 88.4. The van der Waals surface area contributed by atoms with Gasteiger partial charge in [0.25, 0.3) is 0 Å². The van der Waals surface area contributed by atoms with Crippen molar-refractivity contribution >= 4 is 10.8 Å². The highest BCUT2D eigenvalue weighted by Crippen LogP contribution is 2.24. The number of hydrogen-bond acceptors (Lipinski definition) is 1. The van der Waals surface area contributed by atoms with E-state index in [2.05, 4.69) is 23.7 Å². The monoisotopic (exact) mass is 480 g/mol. The standard InChI is InChI=1S/C28H14F6O/c1-35-15-18-12-24(30)22(25(31)13-18)9-5-17-3-7-19(23(29)11-17)6-2-16-4-8-21-20(10-16)14-26(32)28(34)27(21)33/h3-4,7-8,10-14H,15H2,1H3. The van der Waals surface area contributed by atoms with E-state index in [4.69, 9.17) is 4.74 Å². The van der Waals surface area contributed by atoms with Crippen molar-refractivity contribution < 1.29 is 31.1 Å². The summed E-state index contributed by atoms with van der Waals surface area (Å²) in [6.07, 6.45) is 0. The normalized spacial score (nSPS) is 10.5. The van der Waals surface area contributed by atoms with Crippen LogP contribution in [0.1, 0.15) is 27.8 Å². The smallest absolute Gasteiger partial charge is 0.195 e. The first-order valence-corrected chi connectivity index (χ1v) is 10.1. The third kappa shape index (κ3) is 5.16. The highest BCUT2D eigenvalue weighted by molar-refractivity contribution is 5.84. The molecule has 35 heavy (non-hydrogen) atoms. The molecule has 0 saturated heterocycles. The summed E-state index contributed by atoms with van der Waals surface area (Å²) in [6.45, 7) is 0.0424. The molecule has 174 valence electrons. The van der Waals surface area contributed by atoms with Crippen LogP contribution >= 0.6 is 0 Å². The van der Waals surface area contributed by atoms with Crippen LogP contribution in [-0.2, 0) is 11.3 Å². The Morgan fingerprint density at radius 1 is 0.629 bits per heavy atom. The lowest BCUT2D eigenvalue weighted by molar-refractivity contribution is 0.184. The molecule has 0 atom stereocenters. The van der Waals surface area contributed by atoms with Crippen molar-refractivity contribution in [3.63, 3.8) is 0 Å². The zero-order valence-electron chi connectivity index (χ0n) is 18.1. The molecule has 4 aromatic carbocycles. The number of methoxy groups -OCH3 is 1. The van der Waals surface area contributed by atoms with Crippen molar-refractivity contribution in [3.8, 4) is 23.7 Å². The summed E-state index contributed by atoms with van der Waals surface area (Å²) >= 11 is 0. The third-order valence-electron chi connectivity index (χ3n) is 5.03. The van der Waals surface area contributed by atoms with Gasteiger partial charge in [0.2, 0.25) is 0 Å². The lowest BCUT2D eigenvalue weighted by atomic mass is 10.1. The molecule has 7 heteroatoms. The summed E-state index contributed by atoms with van der Waals surface area (Å²) in [6, 6.07) is 10.9. The Kier molecular flexibility index (Phi) is 6.82. The Balaban J connectivity index is 1.59. The molecular weight excluding hydrogens is 466 g/mol. The van der Waals surface area contributed by atoms with Gasteiger partial charge in [-0.15, -0.1) is 0 Å². The summed E-state index contributed by atoms with van der Waals surface area (Å²) in [7, 11) is 1.40. The minimum absolute atomic E-state index is 0.00777. The highest BCUT2D eigenvalue weighted by atomic mass is 19.2. The number of hydrogen-bond donors (Lipinski definition) is 0. The second-order valence-electron chi connectivity index (χ2n) is 7.48. The fourth-order valence-electron chi connectivity index (χ4n) is 3.35. The van der Waals surface area contributed by atoms with Crippen molar-refractivity contribution in [3.05, 3.63) is 117 Å². The van der Waals surface area contributed by atoms with Crippen molar-refractivity contribution in [2.24, 2.45) is 0 Å². The minimum Gasteiger partial charge on any atom is -0.380 e. The van der Waals surface area contributed by atoms with Gasteiger partial charge in [0.15, 0.2) is 17.5 Å². The molecule has 0 amide bonds. The largest absolute Gasteiger partial charge is 0.380 e. The van der Waals surface area contributed by atoms with E-state index in [9.17, 15) is 26.3 Å². The molecule has 0 unspecified atom stereocenters. The number of rotatable bonds is 2. The van der Waals surface area contributed by atoms with E-state index in [0.29, 0.717) is 11.1 Å².